The maximum absolute atomic E-state index is 12.5. The number of carbonyl (C=O) groups excluding carboxylic acids is 1. The second-order valence-corrected chi connectivity index (χ2v) is 6.89. The number of hydrogen-bond acceptors (Lipinski definition) is 4. The Morgan fingerprint density at radius 2 is 1.89 bits per heavy atom. The minimum absolute atomic E-state index is 0.00524. The Morgan fingerprint density at radius 1 is 1.07 bits per heavy atom. The molecule has 6 heteroatoms. The highest BCUT2D eigenvalue weighted by Gasteiger charge is 2.21. The summed E-state index contributed by atoms with van der Waals surface area (Å²) in [6.07, 6.45) is 5.48. The summed E-state index contributed by atoms with van der Waals surface area (Å²) in [6, 6.07) is 15.8. The zero-order chi connectivity index (χ0) is 18.5. The molecule has 0 saturated carbocycles. The molecule has 27 heavy (non-hydrogen) atoms. The lowest BCUT2D eigenvalue weighted by atomic mass is 10.0. The number of likely N-dealkylation sites (tertiary alicyclic amines) is 1. The number of hydrogen-bond donors (Lipinski definition) is 2. The van der Waals surface area contributed by atoms with Gasteiger partial charge in [-0.05, 0) is 48.7 Å². The van der Waals surface area contributed by atoms with Crippen molar-refractivity contribution in [3.05, 3.63) is 72.2 Å². The van der Waals surface area contributed by atoms with E-state index in [0.29, 0.717) is 5.56 Å². The first-order valence-electron chi connectivity index (χ1n) is 9.31. The monoisotopic (exact) mass is 361 g/mol. The van der Waals surface area contributed by atoms with Gasteiger partial charge in [-0.15, -0.1) is 0 Å². The summed E-state index contributed by atoms with van der Waals surface area (Å²) in [5.74, 6) is -0.00524. The molecule has 3 aromatic rings. The Balaban J connectivity index is 1.28. The number of piperidine rings is 1. The molecule has 1 aliphatic heterocycles. The summed E-state index contributed by atoms with van der Waals surface area (Å²) in [4.78, 5) is 19.3. The molecular weight excluding hydrogens is 338 g/mol. The van der Waals surface area contributed by atoms with E-state index >= 15 is 0 Å². The van der Waals surface area contributed by atoms with Crippen molar-refractivity contribution in [3.8, 4) is 11.3 Å². The van der Waals surface area contributed by atoms with Gasteiger partial charge in [0.05, 0.1) is 11.4 Å². The minimum Gasteiger partial charge on any atom is -0.349 e. The van der Waals surface area contributed by atoms with Crippen molar-refractivity contribution in [2.45, 2.75) is 25.4 Å². The fraction of sp³-hybridized carbons (Fsp3) is 0.286. The van der Waals surface area contributed by atoms with Gasteiger partial charge in [0.2, 0.25) is 0 Å². The van der Waals surface area contributed by atoms with Crippen LogP contribution in [0.1, 0.15) is 28.9 Å². The first-order chi connectivity index (χ1) is 13.3. The number of aromatic nitrogens is 3. The van der Waals surface area contributed by atoms with Crippen LogP contribution in [0.25, 0.3) is 11.3 Å². The molecule has 0 bridgehead atoms. The van der Waals surface area contributed by atoms with Gasteiger partial charge in [-0.2, -0.15) is 5.10 Å². The van der Waals surface area contributed by atoms with E-state index in [2.05, 4.69) is 31.5 Å². The van der Waals surface area contributed by atoms with E-state index in [1.54, 1.807) is 6.20 Å². The van der Waals surface area contributed by atoms with Gasteiger partial charge in [0.1, 0.15) is 0 Å². The summed E-state index contributed by atoms with van der Waals surface area (Å²) in [7, 11) is 0. The van der Waals surface area contributed by atoms with Gasteiger partial charge in [-0.3, -0.25) is 19.8 Å². The van der Waals surface area contributed by atoms with Crippen LogP contribution in [0, 0.1) is 0 Å². The number of benzene rings is 1. The molecule has 0 unspecified atom stereocenters. The van der Waals surface area contributed by atoms with Crippen LogP contribution < -0.4 is 5.32 Å². The largest absolute Gasteiger partial charge is 0.349 e. The Bertz CT molecular complexity index is 853. The van der Waals surface area contributed by atoms with Crippen molar-refractivity contribution < 1.29 is 4.79 Å². The molecule has 2 N–H and O–H groups in total. The van der Waals surface area contributed by atoms with Crippen LogP contribution in [0.15, 0.2) is 60.9 Å². The maximum atomic E-state index is 12.5. The zero-order valence-electron chi connectivity index (χ0n) is 15.1. The number of rotatable bonds is 5. The molecule has 0 atom stereocenters. The summed E-state index contributed by atoms with van der Waals surface area (Å²) in [6.45, 7) is 2.82. The third-order valence-corrected chi connectivity index (χ3v) is 4.99. The Morgan fingerprint density at radius 3 is 2.56 bits per heavy atom. The molecular formula is C21H23N5O. The first kappa shape index (κ1) is 17.4. The molecule has 1 aliphatic rings. The van der Waals surface area contributed by atoms with E-state index in [1.807, 2.05) is 48.7 Å². The Hall–Kier alpha value is -2.99. The SMILES string of the molecule is O=C(NC1CCN(Cc2ccccn2)CC1)c1ccc(-c2ccn[nH]2)cc1. The molecule has 0 aliphatic carbocycles. The molecule has 2 aromatic heterocycles. The van der Waals surface area contributed by atoms with Crippen molar-refractivity contribution in [3.63, 3.8) is 0 Å². The van der Waals surface area contributed by atoms with Gasteiger partial charge in [0, 0.05) is 43.6 Å². The first-order valence-corrected chi connectivity index (χ1v) is 9.31. The Labute approximate surface area is 158 Å². The smallest absolute Gasteiger partial charge is 0.251 e. The van der Waals surface area contributed by atoms with Crippen molar-refractivity contribution in [1.29, 1.82) is 0 Å². The summed E-state index contributed by atoms with van der Waals surface area (Å²) >= 11 is 0. The third kappa shape index (κ3) is 4.41. The molecule has 0 spiro atoms. The van der Waals surface area contributed by atoms with Crippen LogP contribution in [-0.4, -0.2) is 45.1 Å². The van der Waals surface area contributed by atoms with Crippen molar-refractivity contribution in [2.75, 3.05) is 13.1 Å². The molecule has 1 amide bonds. The predicted octanol–water partition coefficient (Wildman–Crippen LogP) is 2.87. The van der Waals surface area contributed by atoms with Crippen molar-refractivity contribution in [2.24, 2.45) is 0 Å². The van der Waals surface area contributed by atoms with E-state index in [0.717, 1.165) is 49.4 Å². The topological polar surface area (TPSA) is 73.9 Å². The van der Waals surface area contributed by atoms with E-state index in [1.165, 1.54) is 0 Å². The summed E-state index contributed by atoms with van der Waals surface area (Å²) < 4.78 is 0. The van der Waals surface area contributed by atoms with E-state index in [9.17, 15) is 4.79 Å². The normalized spacial score (nSPS) is 15.6. The lowest BCUT2D eigenvalue weighted by molar-refractivity contribution is 0.0908. The van der Waals surface area contributed by atoms with Gasteiger partial charge in [0.25, 0.3) is 5.91 Å². The molecule has 1 aromatic carbocycles. The lowest BCUT2D eigenvalue weighted by Crippen LogP contribution is -2.44. The molecule has 0 radical (unpaired) electrons. The predicted molar refractivity (Wildman–Crippen MR) is 104 cm³/mol. The second kappa shape index (κ2) is 8.14. The highest BCUT2D eigenvalue weighted by atomic mass is 16.1. The molecule has 3 heterocycles. The fourth-order valence-corrected chi connectivity index (χ4v) is 3.44. The number of carbonyl (C=O) groups is 1. The summed E-state index contributed by atoms with van der Waals surface area (Å²) in [5.41, 5.74) is 3.75. The second-order valence-electron chi connectivity index (χ2n) is 6.89. The van der Waals surface area contributed by atoms with Gasteiger partial charge in [0.15, 0.2) is 0 Å². The lowest BCUT2D eigenvalue weighted by Gasteiger charge is -2.32. The number of pyridine rings is 1. The van der Waals surface area contributed by atoms with Crippen LogP contribution in [0.5, 0.6) is 0 Å². The molecule has 138 valence electrons. The van der Waals surface area contributed by atoms with E-state index in [-0.39, 0.29) is 11.9 Å². The number of H-pyrrole nitrogens is 1. The summed E-state index contributed by atoms with van der Waals surface area (Å²) in [5, 5.41) is 10.1. The van der Waals surface area contributed by atoms with Crippen molar-refractivity contribution in [1.82, 2.24) is 25.4 Å². The van der Waals surface area contributed by atoms with Gasteiger partial charge < -0.3 is 5.32 Å². The number of nitrogens with zero attached hydrogens (tertiary/aromatic N) is 3. The molecule has 1 saturated heterocycles. The van der Waals surface area contributed by atoms with Gasteiger partial charge in [-0.1, -0.05) is 18.2 Å². The van der Waals surface area contributed by atoms with E-state index < -0.39 is 0 Å². The Kier molecular flexibility index (Phi) is 5.25. The standard InChI is InChI=1S/C21H23N5O/c27-21(17-6-4-16(5-7-17)20-8-12-23-25-20)24-18-9-13-26(14-10-18)15-19-3-1-2-11-22-19/h1-8,11-12,18H,9-10,13-15H2,(H,23,25)(H,24,27). The minimum atomic E-state index is -0.00524. The average molecular weight is 361 g/mol. The van der Waals surface area contributed by atoms with Gasteiger partial charge in [-0.25, -0.2) is 0 Å². The molecule has 1 fully saturated rings. The highest BCUT2D eigenvalue weighted by molar-refractivity contribution is 5.94. The fourth-order valence-electron chi connectivity index (χ4n) is 3.44. The third-order valence-electron chi connectivity index (χ3n) is 4.99. The molecule has 4 rings (SSSR count). The van der Waals surface area contributed by atoms with Crippen molar-refractivity contribution >= 4 is 5.91 Å². The van der Waals surface area contributed by atoms with Crippen LogP contribution in [0.2, 0.25) is 0 Å². The van der Waals surface area contributed by atoms with E-state index in [4.69, 9.17) is 0 Å². The average Bonchev–Trinajstić information content (AvgIpc) is 3.25. The highest BCUT2D eigenvalue weighted by Crippen LogP contribution is 2.17. The van der Waals surface area contributed by atoms with Gasteiger partial charge >= 0.3 is 0 Å². The quantitative estimate of drug-likeness (QED) is 0.733. The van der Waals surface area contributed by atoms with Crippen LogP contribution >= 0.6 is 0 Å². The number of amides is 1. The molecule has 6 nitrogen and oxygen atoms in total. The number of nitrogens with one attached hydrogen (secondary N) is 2. The van der Waals surface area contributed by atoms with Crippen LogP contribution in [0.4, 0.5) is 0 Å². The van der Waals surface area contributed by atoms with Crippen LogP contribution in [0.3, 0.4) is 0 Å². The maximum Gasteiger partial charge on any atom is 0.251 e. The zero-order valence-corrected chi connectivity index (χ0v) is 15.1. The van der Waals surface area contributed by atoms with Crippen LogP contribution in [-0.2, 0) is 6.54 Å². The number of aromatic amines is 1.